The van der Waals surface area contributed by atoms with Gasteiger partial charge in [0.05, 0.1) is 22.8 Å². The van der Waals surface area contributed by atoms with Gasteiger partial charge in [0, 0.05) is 5.56 Å². The first-order valence-electron chi connectivity index (χ1n) is 7.38. The van der Waals surface area contributed by atoms with Crippen molar-refractivity contribution in [2.24, 2.45) is 0 Å². The number of carbonyl (C=O) groups is 1. The van der Waals surface area contributed by atoms with Crippen LogP contribution in [0.5, 0.6) is 5.75 Å². The third-order valence-electron chi connectivity index (χ3n) is 3.64. The van der Waals surface area contributed by atoms with Crippen molar-refractivity contribution >= 4 is 34.8 Å². The second-order valence-corrected chi connectivity index (χ2v) is 6.03. The highest BCUT2D eigenvalue weighted by Crippen LogP contribution is 2.37. The minimum absolute atomic E-state index is 0.265. The number of para-hydroxylation sites is 2. The van der Waals surface area contributed by atoms with Gasteiger partial charge in [0.25, 0.3) is 5.91 Å². The molecule has 0 aliphatic rings. The van der Waals surface area contributed by atoms with E-state index in [0.29, 0.717) is 38.5 Å². The number of rotatable bonds is 4. The first-order valence-corrected chi connectivity index (χ1v) is 8.13. The van der Waals surface area contributed by atoms with Gasteiger partial charge in [-0.25, -0.2) is 0 Å². The summed E-state index contributed by atoms with van der Waals surface area (Å²) in [5.74, 6) is 0.509. The zero-order chi connectivity index (χ0) is 18.0. The standard InChI is InChI=1S/C18H14Cl2N2O3/c1-10-15(18(23)21-13-8-3-4-9-14(13)24-2)17(22-25-10)16-11(19)6-5-7-12(16)20/h3-9H,1-2H3,(H,21,23). The van der Waals surface area contributed by atoms with Crippen LogP contribution in [0.2, 0.25) is 10.0 Å². The second kappa shape index (κ2) is 7.17. The monoisotopic (exact) mass is 376 g/mol. The molecule has 0 bridgehead atoms. The summed E-state index contributed by atoms with van der Waals surface area (Å²) in [5.41, 5.74) is 1.54. The zero-order valence-corrected chi connectivity index (χ0v) is 15.0. The predicted octanol–water partition coefficient (Wildman–Crippen LogP) is 5.22. The van der Waals surface area contributed by atoms with Gasteiger partial charge in [0.15, 0.2) is 0 Å². The lowest BCUT2D eigenvalue weighted by Crippen LogP contribution is -2.14. The fourth-order valence-electron chi connectivity index (χ4n) is 2.47. The van der Waals surface area contributed by atoms with Crippen molar-refractivity contribution in [2.75, 3.05) is 12.4 Å². The fourth-order valence-corrected chi connectivity index (χ4v) is 3.04. The molecule has 0 aliphatic heterocycles. The van der Waals surface area contributed by atoms with Gasteiger partial charge in [0.1, 0.15) is 22.8 Å². The maximum absolute atomic E-state index is 12.8. The van der Waals surface area contributed by atoms with Crippen molar-refractivity contribution in [3.8, 4) is 17.0 Å². The second-order valence-electron chi connectivity index (χ2n) is 5.21. The number of benzene rings is 2. The Morgan fingerprint density at radius 1 is 1.12 bits per heavy atom. The molecule has 5 nitrogen and oxygen atoms in total. The molecule has 1 heterocycles. The summed E-state index contributed by atoms with van der Waals surface area (Å²) in [5, 5.41) is 7.54. The molecule has 0 fully saturated rings. The number of nitrogens with zero attached hydrogens (tertiary/aromatic N) is 1. The maximum atomic E-state index is 12.8. The molecule has 7 heteroatoms. The number of ether oxygens (including phenoxy) is 1. The minimum atomic E-state index is -0.394. The summed E-state index contributed by atoms with van der Waals surface area (Å²) < 4.78 is 10.5. The molecule has 0 radical (unpaired) electrons. The summed E-state index contributed by atoms with van der Waals surface area (Å²) >= 11 is 12.5. The first-order chi connectivity index (χ1) is 12.0. The molecule has 3 rings (SSSR count). The number of carbonyl (C=O) groups excluding carboxylic acids is 1. The summed E-state index contributed by atoms with van der Waals surface area (Å²) in [7, 11) is 1.53. The Bertz CT molecular complexity index is 918. The average Bonchev–Trinajstić information content (AvgIpc) is 2.96. The number of aryl methyl sites for hydroxylation is 1. The van der Waals surface area contributed by atoms with Crippen LogP contribution in [0, 0.1) is 6.92 Å². The lowest BCUT2D eigenvalue weighted by Gasteiger charge is -2.10. The molecule has 0 spiro atoms. The van der Waals surface area contributed by atoms with E-state index in [2.05, 4.69) is 10.5 Å². The number of amides is 1. The van der Waals surface area contributed by atoms with Crippen molar-refractivity contribution < 1.29 is 14.1 Å². The van der Waals surface area contributed by atoms with Crippen LogP contribution >= 0.6 is 23.2 Å². The van der Waals surface area contributed by atoms with Gasteiger partial charge in [-0.3, -0.25) is 4.79 Å². The zero-order valence-electron chi connectivity index (χ0n) is 13.5. The van der Waals surface area contributed by atoms with Crippen LogP contribution in [0.1, 0.15) is 16.1 Å². The number of hydrogen-bond donors (Lipinski definition) is 1. The van der Waals surface area contributed by atoms with Crippen molar-refractivity contribution in [3.05, 3.63) is 63.8 Å². The molecule has 3 aromatic rings. The van der Waals surface area contributed by atoms with Crippen LogP contribution in [0.25, 0.3) is 11.3 Å². The van der Waals surface area contributed by atoms with Crippen LogP contribution in [0.15, 0.2) is 47.0 Å². The van der Waals surface area contributed by atoms with E-state index in [0.717, 1.165) is 0 Å². The van der Waals surface area contributed by atoms with E-state index in [1.807, 2.05) is 6.07 Å². The molecular formula is C18H14Cl2N2O3. The van der Waals surface area contributed by atoms with E-state index in [-0.39, 0.29) is 5.56 Å². The Balaban J connectivity index is 2.04. The Hall–Kier alpha value is -2.50. The number of hydrogen-bond acceptors (Lipinski definition) is 4. The van der Waals surface area contributed by atoms with E-state index in [1.54, 1.807) is 43.3 Å². The van der Waals surface area contributed by atoms with Crippen molar-refractivity contribution in [2.45, 2.75) is 6.92 Å². The molecule has 128 valence electrons. The highest BCUT2D eigenvalue weighted by atomic mass is 35.5. The first kappa shape index (κ1) is 17.3. The van der Waals surface area contributed by atoms with Gasteiger partial charge in [0.2, 0.25) is 0 Å². The lowest BCUT2D eigenvalue weighted by atomic mass is 10.1. The van der Waals surface area contributed by atoms with E-state index in [4.69, 9.17) is 32.5 Å². The Morgan fingerprint density at radius 3 is 2.48 bits per heavy atom. The number of anilines is 1. The Kier molecular flexibility index (Phi) is 4.97. The third-order valence-corrected chi connectivity index (χ3v) is 4.27. The van der Waals surface area contributed by atoms with Gasteiger partial charge in [-0.1, -0.05) is 46.6 Å². The molecule has 1 aromatic heterocycles. The van der Waals surface area contributed by atoms with Gasteiger partial charge in [-0.15, -0.1) is 0 Å². The number of halogens is 2. The van der Waals surface area contributed by atoms with E-state index in [1.165, 1.54) is 7.11 Å². The molecule has 0 unspecified atom stereocenters. The van der Waals surface area contributed by atoms with Crippen LogP contribution in [0.4, 0.5) is 5.69 Å². The van der Waals surface area contributed by atoms with Crippen LogP contribution in [-0.2, 0) is 0 Å². The van der Waals surface area contributed by atoms with Gasteiger partial charge < -0.3 is 14.6 Å². The molecule has 0 atom stereocenters. The lowest BCUT2D eigenvalue weighted by molar-refractivity contribution is 0.102. The smallest absolute Gasteiger partial charge is 0.261 e. The maximum Gasteiger partial charge on any atom is 0.261 e. The van der Waals surface area contributed by atoms with E-state index < -0.39 is 5.91 Å². The number of methoxy groups -OCH3 is 1. The van der Waals surface area contributed by atoms with Crippen molar-refractivity contribution in [3.63, 3.8) is 0 Å². The molecule has 25 heavy (non-hydrogen) atoms. The van der Waals surface area contributed by atoms with Crippen LogP contribution in [0.3, 0.4) is 0 Å². The van der Waals surface area contributed by atoms with Crippen molar-refractivity contribution in [1.82, 2.24) is 5.16 Å². The van der Waals surface area contributed by atoms with Gasteiger partial charge in [-0.2, -0.15) is 0 Å². The topological polar surface area (TPSA) is 64.4 Å². The minimum Gasteiger partial charge on any atom is -0.495 e. The van der Waals surface area contributed by atoms with Gasteiger partial charge >= 0.3 is 0 Å². The number of aromatic nitrogens is 1. The summed E-state index contributed by atoms with van der Waals surface area (Å²) in [6.45, 7) is 1.65. The van der Waals surface area contributed by atoms with Gasteiger partial charge in [-0.05, 0) is 31.2 Å². The SMILES string of the molecule is COc1ccccc1NC(=O)c1c(-c2c(Cl)cccc2Cl)noc1C. The van der Waals surface area contributed by atoms with Crippen LogP contribution < -0.4 is 10.1 Å². The summed E-state index contributed by atoms with van der Waals surface area (Å²) in [6, 6.07) is 12.2. The van der Waals surface area contributed by atoms with E-state index >= 15 is 0 Å². The largest absolute Gasteiger partial charge is 0.495 e. The predicted molar refractivity (Wildman–Crippen MR) is 97.6 cm³/mol. The highest BCUT2D eigenvalue weighted by Gasteiger charge is 2.25. The number of nitrogens with one attached hydrogen (secondary N) is 1. The quantitative estimate of drug-likeness (QED) is 0.677. The Labute approximate surface area is 154 Å². The fraction of sp³-hybridized carbons (Fsp3) is 0.111. The molecular weight excluding hydrogens is 363 g/mol. The Morgan fingerprint density at radius 2 is 1.80 bits per heavy atom. The molecule has 1 N–H and O–H groups in total. The highest BCUT2D eigenvalue weighted by molar-refractivity contribution is 6.39. The molecule has 2 aromatic carbocycles. The van der Waals surface area contributed by atoms with Crippen LogP contribution in [-0.4, -0.2) is 18.2 Å². The van der Waals surface area contributed by atoms with Crippen molar-refractivity contribution in [1.29, 1.82) is 0 Å². The van der Waals surface area contributed by atoms with E-state index in [9.17, 15) is 4.79 Å². The summed E-state index contributed by atoms with van der Waals surface area (Å²) in [6.07, 6.45) is 0. The molecule has 0 saturated carbocycles. The normalized spacial score (nSPS) is 10.6. The molecule has 0 aliphatic carbocycles. The average molecular weight is 377 g/mol. The third kappa shape index (κ3) is 3.34. The molecule has 1 amide bonds. The summed E-state index contributed by atoms with van der Waals surface area (Å²) in [4.78, 5) is 12.8. The molecule has 0 saturated heterocycles.